The van der Waals surface area contributed by atoms with Crippen molar-refractivity contribution in [3.63, 3.8) is 0 Å². The smallest absolute Gasteiger partial charge is 0.315 e. The van der Waals surface area contributed by atoms with E-state index in [1.54, 1.807) is 6.92 Å². The number of aliphatic hydroxyl groups excluding tert-OH is 12. The third-order valence-corrected chi connectivity index (χ3v) is 21.3. The second kappa shape index (κ2) is 21.0. The number of carbonyl (C=O) groups excluding carboxylic acids is 1. The second-order valence-corrected chi connectivity index (χ2v) is 25.6. The standard InChI is InChI=1S/C53H84O23/c1-22-31(56)35(60)39(64)43(71-22)75-41-32(57)25(55)20-69-45(41)74-30-11-12-50(5)28(48(30,2)3)10-13-52(7)29(50)9-8-23-24-18-49(4,46(66)67)14-16-53(24,17-15-51(23,52)6)47(68)76-44-40(65)37(62)34(59)27(73-44)21-70-42-38(63)36(61)33(58)26(19-54)72-42/h8,22,24-45,54-65H,9-21H2,1-7H3,(H,66,67)/t22-,24-,25-,26+,27+,28?,29?,30-,31-,32-,33+,34+,35+,36-,37-,38+,39+,40+,41+,42+,43-,44-,45-,49+,50-,51+,52+,53-/m0/s1. The number of carboxylic acid groups (broad SMARTS) is 1. The van der Waals surface area contributed by atoms with Crippen molar-refractivity contribution in [2.24, 2.45) is 50.2 Å². The van der Waals surface area contributed by atoms with Crippen molar-refractivity contribution in [3.8, 4) is 0 Å². The highest BCUT2D eigenvalue weighted by Gasteiger charge is 2.71. The van der Waals surface area contributed by atoms with Crippen LogP contribution in [0.5, 0.6) is 0 Å². The summed E-state index contributed by atoms with van der Waals surface area (Å²) in [6.45, 7) is 12.9. The van der Waals surface area contributed by atoms with Crippen molar-refractivity contribution in [2.75, 3.05) is 19.8 Å². The van der Waals surface area contributed by atoms with Crippen molar-refractivity contribution in [1.82, 2.24) is 0 Å². The first-order chi connectivity index (χ1) is 35.5. The third-order valence-electron chi connectivity index (χ3n) is 21.3. The van der Waals surface area contributed by atoms with Crippen LogP contribution in [0.15, 0.2) is 11.6 Å². The Bertz CT molecular complexity index is 2150. The summed E-state index contributed by atoms with van der Waals surface area (Å²) in [7, 11) is 0. The number of esters is 1. The van der Waals surface area contributed by atoms with Crippen molar-refractivity contribution < 1.29 is 114 Å². The number of allylic oxidation sites excluding steroid dienone is 2. The minimum absolute atomic E-state index is 0.111. The molecule has 13 N–H and O–H groups in total. The largest absolute Gasteiger partial charge is 0.481 e. The fourth-order valence-electron chi connectivity index (χ4n) is 16.1. The molecule has 76 heavy (non-hydrogen) atoms. The van der Waals surface area contributed by atoms with E-state index in [0.29, 0.717) is 25.7 Å². The summed E-state index contributed by atoms with van der Waals surface area (Å²) in [6.07, 6.45) is -22.7. The third kappa shape index (κ3) is 9.33. The summed E-state index contributed by atoms with van der Waals surface area (Å²) in [6, 6.07) is 0. The molecule has 0 amide bonds. The van der Waals surface area contributed by atoms with Crippen LogP contribution < -0.4 is 0 Å². The summed E-state index contributed by atoms with van der Waals surface area (Å²) in [5.41, 5.74) is -3.04. The highest BCUT2D eigenvalue weighted by molar-refractivity contribution is 5.81. The van der Waals surface area contributed by atoms with E-state index in [-0.39, 0.29) is 48.5 Å². The molecule has 434 valence electrons. The number of rotatable bonds is 11. The minimum Gasteiger partial charge on any atom is -0.481 e. The van der Waals surface area contributed by atoms with Gasteiger partial charge in [-0.15, -0.1) is 0 Å². The van der Waals surface area contributed by atoms with Crippen LogP contribution in [-0.2, 0) is 47.5 Å². The highest BCUT2D eigenvalue weighted by Crippen LogP contribution is 2.76. The van der Waals surface area contributed by atoms with Gasteiger partial charge in [-0.2, -0.15) is 0 Å². The number of hydrogen-bond acceptors (Lipinski definition) is 22. The van der Waals surface area contributed by atoms with Crippen molar-refractivity contribution in [3.05, 3.63) is 11.6 Å². The van der Waals surface area contributed by atoms with E-state index in [1.165, 1.54) is 6.92 Å². The van der Waals surface area contributed by atoms with Crippen LogP contribution in [0.4, 0.5) is 0 Å². The Morgan fingerprint density at radius 3 is 1.93 bits per heavy atom. The summed E-state index contributed by atoms with van der Waals surface area (Å²) in [5.74, 6) is -2.09. The lowest BCUT2D eigenvalue weighted by atomic mass is 9.33. The zero-order chi connectivity index (χ0) is 55.6. The summed E-state index contributed by atoms with van der Waals surface area (Å²) >= 11 is 0. The molecule has 23 heteroatoms. The Morgan fingerprint density at radius 2 is 1.26 bits per heavy atom. The van der Waals surface area contributed by atoms with Crippen LogP contribution in [0.25, 0.3) is 0 Å². The normalized spacial score (nSPS) is 54.2. The van der Waals surface area contributed by atoms with E-state index in [1.807, 2.05) is 0 Å². The maximum absolute atomic E-state index is 15.1. The zero-order valence-corrected chi connectivity index (χ0v) is 44.4. The van der Waals surface area contributed by atoms with Gasteiger partial charge in [-0.05, 0) is 117 Å². The molecule has 4 saturated heterocycles. The van der Waals surface area contributed by atoms with Gasteiger partial charge >= 0.3 is 11.9 Å². The summed E-state index contributed by atoms with van der Waals surface area (Å²) < 4.78 is 47.5. The Morgan fingerprint density at radius 1 is 0.645 bits per heavy atom. The molecule has 0 aromatic carbocycles. The molecule has 0 bridgehead atoms. The van der Waals surface area contributed by atoms with E-state index in [4.69, 9.17) is 37.9 Å². The lowest BCUT2D eigenvalue weighted by Crippen LogP contribution is -2.66. The van der Waals surface area contributed by atoms with Crippen LogP contribution in [-0.4, -0.2) is 221 Å². The predicted molar refractivity (Wildman–Crippen MR) is 257 cm³/mol. The Kier molecular flexibility index (Phi) is 16.2. The number of aliphatic hydroxyl groups is 12. The fourth-order valence-corrected chi connectivity index (χ4v) is 16.1. The molecule has 0 spiro atoms. The van der Waals surface area contributed by atoms with Gasteiger partial charge in [-0.25, -0.2) is 0 Å². The number of carboxylic acids is 1. The first-order valence-electron chi connectivity index (χ1n) is 27.3. The van der Waals surface area contributed by atoms with Gasteiger partial charge in [0.15, 0.2) is 18.9 Å². The van der Waals surface area contributed by atoms with E-state index in [9.17, 15) is 71.2 Å². The maximum atomic E-state index is 15.1. The minimum atomic E-state index is -1.92. The second-order valence-electron chi connectivity index (χ2n) is 25.6. The molecule has 4 heterocycles. The SMILES string of the molecule is C[C@@H]1O[C@@H](O[C@H]2[C@H](O[C@H]3CC[C@@]4(C)C(CC[C@]5(C)C4CC=C4[C@@H]6C[C@](C)(C(=O)O)CC[C@]6(C(=O)O[C@@H]6O[C@H](CO[C@@H]7O[C@H](CO)[C@@H](O)[C@H](O)[C@H]7O)[C@@H](O)[C@H](O)[C@H]6O)CC[C@]45C)C3(C)C)OC[C@H](O)[C@@H]2O)[C@H](O)[C@H](O)[C@H]1O. The Balaban J connectivity index is 0.940. The van der Waals surface area contributed by atoms with Crippen molar-refractivity contribution >= 4 is 11.9 Å². The van der Waals surface area contributed by atoms with E-state index in [0.717, 1.165) is 24.8 Å². The predicted octanol–water partition coefficient (Wildman–Crippen LogP) is -1.30. The molecule has 0 radical (unpaired) electrons. The molecule has 9 aliphatic rings. The Hall–Kier alpha value is -2.08. The van der Waals surface area contributed by atoms with Gasteiger partial charge in [0.1, 0.15) is 85.5 Å². The molecule has 2 unspecified atom stereocenters. The number of carbonyl (C=O) groups is 2. The number of ether oxygens (including phenoxy) is 8. The van der Waals surface area contributed by atoms with Crippen LogP contribution in [0.1, 0.15) is 113 Å². The quantitative estimate of drug-likeness (QED) is 0.0649. The van der Waals surface area contributed by atoms with E-state index >= 15 is 4.79 Å². The van der Waals surface area contributed by atoms with Crippen LogP contribution in [0.2, 0.25) is 0 Å². The molecule has 0 aromatic rings. The lowest BCUT2D eigenvalue weighted by Gasteiger charge is -2.71. The van der Waals surface area contributed by atoms with E-state index < -0.39 is 176 Å². The fraction of sp³-hybridized carbons (Fsp3) is 0.925. The number of hydrogen-bond donors (Lipinski definition) is 13. The maximum Gasteiger partial charge on any atom is 0.315 e. The van der Waals surface area contributed by atoms with E-state index in [2.05, 4.69) is 40.7 Å². The molecule has 4 saturated carbocycles. The zero-order valence-electron chi connectivity index (χ0n) is 44.4. The van der Waals surface area contributed by atoms with Crippen LogP contribution >= 0.6 is 0 Å². The average molecular weight is 1090 g/mol. The average Bonchev–Trinajstić information content (AvgIpc) is 3.46. The molecule has 9 rings (SSSR count). The van der Waals surface area contributed by atoms with Gasteiger partial charge in [-0.3, -0.25) is 9.59 Å². The van der Waals surface area contributed by atoms with Crippen LogP contribution in [0.3, 0.4) is 0 Å². The molecular weight excluding hydrogens is 1000 g/mol. The summed E-state index contributed by atoms with van der Waals surface area (Å²) in [5, 5.41) is 138. The molecule has 5 aliphatic carbocycles. The lowest BCUT2D eigenvalue weighted by molar-refractivity contribution is -0.364. The van der Waals surface area contributed by atoms with Gasteiger partial charge in [0.25, 0.3) is 0 Å². The molecule has 28 atom stereocenters. The van der Waals surface area contributed by atoms with Crippen molar-refractivity contribution in [2.45, 2.75) is 235 Å². The molecule has 4 aliphatic heterocycles. The first kappa shape index (κ1) is 58.6. The monoisotopic (exact) mass is 1090 g/mol. The highest BCUT2D eigenvalue weighted by atomic mass is 16.8. The van der Waals surface area contributed by atoms with Gasteiger partial charge in [0, 0.05) is 0 Å². The Labute approximate surface area is 442 Å². The van der Waals surface area contributed by atoms with Gasteiger partial charge < -0.3 is 104 Å². The van der Waals surface area contributed by atoms with Gasteiger partial charge in [-0.1, -0.05) is 46.3 Å². The molecule has 0 aromatic heterocycles. The summed E-state index contributed by atoms with van der Waals surface area (Å²) in [4.78, 5) is 28.2. The van der Waals surface area contributed by atoms with Gasteiger partial charge in [0.05, 0.1) is 42.9 Å². The first-order valence-corrected chi connectivity index (χ1v) is 27.3. The van der Waals surface area contributed by atoms with Crippen LogP contribution in [0, 0.1) is 50.2 Å². The number of fused-ring (bicyclic) bond motifs is 7. The molecule has 8 fully saturated rings. The molecular formula is C53H84O23. The molecule has 23 nitrogen and oxygen atoms in total. The number of aliphatic carboxylic acids is 1. The van der Waals surface area contributed by atoms with Crippen molar-refractivity contribution in [1.29, 1.82) is 0 Å². The topological polar surface area (TPSA) is 371 Å². The van der Waals surface area contributed by atoms with Gasteiger partial charge in [0.2, 0.25) is 6.29 Å².